The van der Waals surface area contributed by atoms with Gasteiger partial charge in [0.15, 0.2) is 0 Å². The van der Waals surface area contributed by atoms with Crippen LogP contribution in [-0.2, 0) is 11.3 Å². The number of aromatic nitrogens is 2. The van der Waals surface area contributed by atoms with E-state index in [9.17, 15) is 4.79 Å². The minimum atomic E-state index is -0.0349. The third kappa shape index (κ3) is 2.84. The second-order valence-electron chi connectivity index (χ2n) is 5.95. The van der Waals surface area contributed by atoms with Gasteiger partial charge in [-0.1, -0.05) is 35.1 Å². The maximum absolute atomic E-state index is 11.5. The summed E-state index contributed by atoms with van der Waals surface area (Å²) < 4.78 is 7.69. The minimum Gasteiger partial charge on any atom is -0.381 e. The molecule has 0 aliphatic carbocycles. The number of hydrogen-bond acceptors (Lipinski definition) is 3. The van der Waals surface area contributed by atoms with E-state index < -0.39 is 0 Å². The van der Waals surface area contributed by atoms with Crippen LogP contribution in [0.2, 0.25) is 5.02 Å². The average molecular weight is 349 g/mol. The molecule has 4 nitrogen and oxygen atoms in total. The highest BCUT2D eigenvalue weighted by Crippen LogP contribution is 2.34. The van der Waals surface area contributed by atoms with E-state index in [0.29, 0.717) is 5.92 Å². The average Bonchev–Trinajstić information content (AvgIpc) is 3.13. The van der Waals surface area contributed by atoms with Gasteiger partial charge in [-0.25, -0.2) is 0 Å². The van der Waals surface area contributed by atoms with E-state index in [-0.39, 0.29) is 4.87 Å². The number of nitrogens with one attached hydrogen (secondary N) is 1. The Labute approximate surface area is 142 Å². The van der Waals surface area contributed by atoms with E-state index in [0.717, 1.165) is 59.8 Å². The number of fused-ring (bicyclic) bond motifs is 1. The van der Waals surface area contributed by atoms with E-state index in [4.69, 9.17) is 16.3 Å². The smallest absolute Gasteiger partial charge is 0.304 e. The molecule has 4 rings (SSSR count). The molecule has 0 bridgehead atoms. The van der Waals surface area contributed by atoms with Crippen LogP contribution in [0, 0.1) is 5.92 Å². The fraction of sp³-hybridized carbons (Fsp3) is 0.353. The summed E-state index contributed by atoms with van der Waals surface area (Å²) in [6.45, 7) is 2.60. The molecular weight excluding hydrogens is 332 g/mol. The monoisotopic (exact) mass is 348 g/mol. The Kier molecular flexibility index (Phi) is 4.01. The lowest BCUT2D eigenvalue weighted by Gasteiger charge is -2.23. The first kappa shape index (κ1) is 15.0. The molecule has 0 radical (unpaired) electrons. The summed E-state index contributed by atoms with van der Waals surface area (Å²) in [6, 6.07) is 5.94. The summed E-state index contributed by atoms with van der Waals surface area (Å²) in [5.74, 6) is 0.602. The summed E-state index contributed by atoms with van der Waals surface area (Å²) in [6.07, 6.45) is 4.27. The first-order valence-corrected chi connectivity index (χ1v) is 9.01. The van der Waals surface area contributed by atoms with Crippen LogP contribution in [0.1, 0.15) is 12.8 Å². The van der Waals surface area contributed by atoms with Crippen molar-refractivity contribution in [2.24, 2.45) is 5.92 Å². The van der Waals surface area contributed by atoms with Gasteiger partial charge in [-0.2, -0.15) is 0 Å². The Bertz CT molecular complexity index is 890. The molecule has 0 saturated carbocycles. The Morgan fingerprint density at radius 2 is 2.17 bits per heavy atom. The van der Waals surface area contributed by atoms with Gasteiger partial charge in [-0.05, 0) is 24.8 Å². The van der Waals surface area contributed by atoms with Gasteiger partial charge in [-0.15, -0.1) is 0 Å². The summed E-state index contributed by atoms with van der Waals surface area (Å²) in [5, 5.41) is 3.70. The molecule has 3 heterocycles. The highest BCUT2D eigenvalue weighted by molar-refractivity contribution is 7.07. The van der Waals surface area contributed by atoms with Crippen molar-refractivity contribution in [3.8, 4) is 11.3 Å². The number of aromatic amines is 1. The maximum atomic E-state index is 11.5. The van der Waals surface area contributed by atoms with Crippen LogP contribution in [0.25, 0.3) is 22.2 Å². The fourth-order valence-electron chi connectivity index (χ4n) is 3.29. The lowest BCUT2D eigenvalue weighted by atomic mass is 10.0. The number of nitrogens with zero attached hydrogens (tertiary/aromatic N) is 1. The normalized spacial score (nSPS) is 16.2. The van der Waals surface area contributed by atoms with Crippen LogP contribution in [0.15, 0.2) is 34.6 Å². The van der Waals surface area contributed by atoms with Crippen molar-refractivity contribution in [3.63, 3.8) is 0 Å². The molecular formula is C17H17ClN2O2S. The molecule has 0 amide bonds. The predicted octanol–water partition coefficient (Wildman–Crippen LogP) is 4.14. The van der Waals surface area contributed by atoms with Crippen LogP contribution in [0.5, 0.6) is 0 Å². The third-order valence-corrected chi connectivity index (χ3v) is 5.43. The Hall–Kier alpha value is -1.56. The van der Waals surface area contributed by atoms with Gasteiger partial charge in [0, 0.05) is 42.3 Å². The van der Waals surface area contributed by atoms with Gasteiger partial charge < -0.3 is 14.3 Å². The SMILES string of the molecule is O=c1[nH]c(-c2cn(CC3CCOCC3)c3c(Cl)cccc23)cs1. The van der Waals surface area contributed by atoms with Gasteiger partial charge in [0.1, 0.15) is 0 Å². The number of rotatable bonds is 3. The van der Waals surface area contributed by atoms with Crippen molar-refractivity contribution in [1.82, 2.24) is 9.55 Å². The molecule has 1 aromatic carbocycles. The molecule has 120 valence electrons. The Morgan fingerprint density at radius 3 is 2.91 bits per heavy atom. The predicted molar refractivity (Wildman–Crippen MR) is 94.4 cm³/mol. The number of thiazole rings is 1. The number of halogens is 1. The number of benzene rings is 1. The van der Waals surface area contributed by atoms with E-state index in [1.54, 1.807) is 0 Å². The quantitative estimate of drug-likeness (QED) is 0.773. The van der Waals surface area contributed by atoms with Crippen LogP contribution in [0.3, 0.4) is 0 Å². The summed E-state index contributed by atoms with van der Waals surface area (Å²) >= 11 is 7.66. The van der Waals surface area contributed by atoms with E-state index >= 15 is 0 Å². The second kappa shape index (κ2) is 6.15. The zero-order valence-electron chi connectivity index (χ0n) is 12.5. The maximum Gasteiger partial charge on any atom is 0.304 e. The van der Waals surface area contributed by atoms with Crippen LogP contribution in [-0.4, -0.2) is 22.8 Å². The molecule has 0 unspecified atom stereocenters. The van der Waals surface area contributed by atoms with Crippen molar-refractivity contribution in [3.05, 3.63) is 44.5 Å². The lowest BCUT2D eigenvalue weighted by molar-refractivity contribution is 0.0616. The Balaban J connectivity index is 1.82. The minimum absolute atomic E-state index is 0.0349. The van der Waals surface area contributed by atoms with E-state index in [2.05, 4.69) is 21.8 Å². The van der Waals surface area contributed by atoms with Gasteiger partial charge in [0.25, 0.3) is 0 Å². The molecule has 2 aromatic heterocycles. The molecule has 23 heavy (non-hydrogen) atoms. The number of H-pyrrole nitrogens is 1. The zero-order chi connectivity index (χ0) is 15.8. The zero-order valence-corrected chi connectivity index (χ0v) is 14.1. The molecule has 0 atom stereocenters. The highest BCUT2D eigenvalue weighted by atomic mass is 35.5. The van der Waals surface area contributed by atoms with E-state index in [1.165, 1.54) is 11.3 Å². The third-order valence-electron chi connectivity index (χ3n) is 4.46. The van der Waals surface area contributed by atoms with Crippen molar-refractivity contribution in [2.75, 3.05) is 13.2 Å². The van der Waals surface area contributed by atoms with Crippen molar-refractivity contribution in [2.45, 2.75) is 19.4 Å². The first-order valence-electron chi connectivity index (χ1n) is 7.75. The molecule has 6 heteroatoms. The van der Waals surface area contributed by atoms with Gasteiger partial charge >= 0.3 is 4.87 Å². The van der Waals surface area contributed by atoms with Gasteiger partial charge in [0.05, 0.1) is 16.2 Å². The lowest BCUT2D eigenvalue weighted by Crippen LogP contribution is -2.20. The molecule has 1 N–H and O–H groups in total. The summed E-state index contributed by atoms with van der Waals surface area (Å²) in [7, 11) is 0. The number of para-hydroxylation sites is 1. The second-order valence-corrected chi connectivity index (χ2v) is 7.20. The topological polar surface area (TPSA) is 47.0 Å². The molecule has 1 aliphatic heterocycles. The molecule has 1 aliphatic rings. The largest absolute Gasteiger partial charge is 0.381 e. The van der Waals surface area contributed by atoms with Crippen LogP contribution < -0.4 is 4.87 Å². The number of ether oxygens (including phenoxy) is 1. The van der Waals surface area contributed by atoms with Crippen LogP contribution >= 0.6 is 22.9 Å². The van der Waals surface area contributed by atoms with Crippen molar-refractivity contribution in [1.29, 1.82) is 0 Å². The molecule has 0 spiro atoms. The van der Waals surface area contributed by atoms with Crippen molar-refractivity contribution < 1.29 is 4.74 Å². The standard InChI is InChI=1S/C17H17ClN2O2S/c18-14-3-1-2-12-13(15-10-23-17(21)19-15)9-20(16(12)14)8-11-4-6-22-7-5-11/h1-3,9-11H,4-8H2,(H,19,21). The first-order chi connectivity index (χ1) is 11.2. The molecule has 1 fully saturated rings. The van der Waals surface area contributed by atoms with Gasteiger partial charge in [0.2, 0.25) is 0 Å². The molecule has 1 saturated heterocycles. The fourth-order valence-corrected chi connectivity index (χ4v) is 4.16. The number of hydrogen-bond donors (Lipinski definition) is 1. The molecule has 3 aromatic rings. The Morgan fingerprint density at radius 1 is 1.35 bits per heavy atom. The summed E-state index contributed by atoms with van der Waals surface area (Å²) in [5.41, 5.74) is 2.94. The van der Waals surface area contributed by atoms with Crippen molar-refractivity contribution >= 4 is 33.8 Å². The highest BCUT2D eigenvalue weighted by Gasteiger charge is 2.19. The van der Waals surface area contributed by atoms with E-state index in [1.807, 2.05) is 17.5 Å². The van der Waals surface area contributed by atoms with Crippen LogP contribution in [0.4, 0.5) is 0 Å². The summed E-state index contributed by atoms with van der Waals surface area (Å²) in [4.78, 5) is 14.4. The van der Waals surface area contributed by atoms with Gasteiger partial charge in [-0.3, -0.25) is 4.79 Å².